The van der Waals surface area contributed by atoms with Crippen LogP contribution in [0.25, 0.3) is 0 Å². The normalized spacial score (nSPS) is 11.1. The molecule has 0 fully saturated rings. The summed E-state index contributed by atoms with van der Waals surface area (Å²) < 4.78 is 26.4. The quantitative estimate of drug-likeness (QED) is 0.549. The van der Waals surface area contributed by atoms with E-state index in [1.807, 2.05) is 0 Å². The minimum Gasteiger partial charge on any atom is -0.478 e. The summed E-state index contributed by atoms with van der Waals surface area (Å²) in [7, 11) is -3.62. The van der Waals surface area contributed by atoms with Crippen LogP contribution in [0.3, 0.4) is 0 Å². The van der Waals surface area contributed by atoms with Crippen molar-refractivity contribution in [2.24, 2.45) is 5.14 Å². The molecule has 0 saturated heterocycles. The van der Waals surface area contributed by atoms with E-state index >= 15 is 0 Å². The fourth-order valence-electron chi connectivity index (χ4n) is 1.38. The summed E-state index contributed by atoms with van der Waals surface area (Å²) in [6.45, 7) is 1.36. The average molecular weight is 305 g/mol. The van der Waals surface area contributed by atoms with E-state index in [1.165, 1.54) is 13.0 Å². The van der Waals surface area contributed by atoms with E-state index in [1.54, 1.807) is 0 Å². The molecule has 1 heterocycles. The molecular formula is C10H15N3O6S. The van der Waals surface area contributed by atoms with Crippen molar-refractivity contribution in [2.75, 3.05) is 12.3 Å². The Morgan fingerprint density at radius 1 is 1.40 bits per heavy atom. The van der Waals surface area contributed by atoms with Crippen molar-refractivity contribution < 1.29 is 27.5 Å². The van der Waals surface area contributed by atoms with Gasteiger partial charge in [0.15, 0.2) is 0 Å². The molecule has 1 rings (SSSR count). The summed E-state index contributed by atoms with van der Waals surface area (Å²) in [5.74, 6) is -0.968. The molecule has 0 saturated carbocycles. The number of aryl methyl sites for hydroxylation is 1. The fraction of sp³-hybridized carbons (Fsp3) is 0.400. The van der Waals surface area contributed by atoms with Gasteiger partial charge in [-0.3, -0.25) is 0 Å². The van der Waals surface area contributed by atoms with Gasteiger partial charge < -0.3 is 20.2 Å². The molecule has 9 nitrogen and oxygen atoms in total. The Bertz CT molecular complexity index is 607. The first-order chi connectivity index (χ1) is 9.19. The minimum atomic E-state index is -3.62. The summed E-state index contributed by atoms with van der Waals surface area (Å²) in [5, 5.41) is 18.3. The van der Waals surface area contributed by atoms with Crippen molar-refractivity contribution in [1.29, 1.82) is 0 Å². The zero-order chi connectivity index (χ0) is 15.3. The van der Waals surface area contributed by atoms with Crippen molar-refractivity contribution in [2.45, 2.75) is 13.5 Å². The molecule has 20 heavy (non-hydrogen) atoms. The Morgan fingerprint density at radius 3 is 2.55 bits per heavy atom. The van der Waals surface area contributed by atoms with Crippen LogP contribution in [0.5, 0.6) is 0 Å². The summed E-state index contributed by atoms with van der Waals surface area (Å²) >= 11 is 0. The van der Waals surface area contributed by atoms with E-state index in [-0.39, 0.29) is 35.9 Å². The third-order valence-corrected chi connectivity index (χ3v) is 3.07. The minimum absolute atomic E-state index is 0.0185. The molecule has 5 N–H and O–H groups in total. The Labute approximate surface area is 115 Å². The summed E-state index contributed by atoms with van der Waals surface area (Å²) in [5.41, 5.74) is 0.0245. The highest BCUT2D eigenvalue weighted by molar-refractivity contribution is 7.89. The van der Waals surface area contributed by atoms with Crippen LogP contribution in [0.4, 0.5) is 4.79 Å². The number of hydrogen-bond donors (Lipinski definition) is 4. The standard InChI is InChI=1S/C10H15N3O6S/c1-6-8(9(14)15)4-7(19-6)5-13-10(16)12-2-3-20(11,17)18/h4H,2-3,5H2,1H3,(H,14,15)(H2,11,17,18)(H2,12,13,16). The molecule has 0 aliphatic heterocycles. The largest absolute Gasteiger partial charge is 0.478 e. The van der Waals surface area contributed by atoms with Gasteiger partial charge in [-0.2, -0.15) is 0 Å². The molecule has 0 radical (unpaired) electrons. The lowest BCUT2D eigenvalue weighted by Gasteiger charge is -2.05. The molecule has 1 aromatic rings. The third kappa shape index (κ3) is 5.28. The molecule has 112 valence electrons. The van der Waals surface area contributed by atoms with E-state index in [0.29, 0.717) is 0 Å². The molecule has 0 aliphatic rings. The zero-order valence-corrected chi connectivity index (χ0v) is 11.5. The molecule has 0 unspecified atom stereocenters. The number of furan rings is 1. The first-order valence-electron chi connectivity index (χ1n) is 5.54. The Kier molecular flexibility index (Phi) is 5.11. The second-order valence-electron chi connectivity index (χ2n) is 3.96. The van der Waals surface area contributed by atoms with Crippen LogP contribution in [0.1, 0.15) is 21.9 Å². The smallest absolute Gasteiger partial charge is 0.339 e. The van der Waals surface area contributed by atoms with Crippen LogP contribution in [-0.2, 0) is 16.6 Å². The van der Waals surface area contributed by atoms with Crippen molar-refractivity contribution in [3.63, 3.8) is 0 Å². The van der Waals surface area contributed by atoms with Gasteiger partial charge in [0.1, 0.15) is 17.1 Å². The fourth-order valence-corrected chi connectivity index (χ4v) is 1.77. The van der Waals surface area contributed by atoms with E-state index < -0.39 is 22.0 Å². The number of carbonyl (C=O) groups is 2. The Hall–Kier alpha value is -2.07. The number of primary sulfonamides is 1. The molecule has 0 bridgehead atoms. The van der Waals surface area contributed by atoms with Gasteiger partial charge in [-0.05, 0) is 13.0 Å². The molecule has 0 spiro atoms. The first kappa shape index (κ1) is 16.0. The average Bonchev–Trinajstić information content (AvgIpc) is 2.66. The maximum atomic E-state index is 11.3. The van der Waals surface area contributed by atoms with Gasteiger partial charge in [0.25, 0.3) is 0 Å². The number of urea groups is 1. The lowest BCUT2D eigenvalue weighted by molar-refractivity contribution is 0.0695. The van der Waals surface area contributed by atoms with Gasteiger partial charge in [0.2, 0.25) is 10.0 Å². The number of sulfonamides is 1. The van der Waals surface area contributed by atoms with Crippen LogP contribution in [0.15, 0.2) is 10.5 Å². The highest BCUT2D eigenvalue weighted by atomic mass is 32.2. The monoisotopic (exact) mass is 305 g/mol. The lowest BCUT2D eigenvalue weighted by atomic mass is 10.2. The highest BCUT2D eigenvalue weighted by Crippen LogP contribution is 2.14. The summed E-state index contributed by atoms with van der Waals surface area (Å²) in [6.07, 6.45) is 0. The van der Waals surface area contributed by atoms with Gasteiger partial charge in [-0.25, -0.2) is 23.1 Å². The van der Waals surface area contributed by atoms with Crippen molar-refractivity contribution >= 4 is 22.0 Å². The van der Waals surface area contributed by atoms with Crippen LogP contribution >= 0.6 is 0 Å². The summed E-state index contributed by atoms with van der Waals surface area (Å²) in [6, 6.07) is 0.696. The van der Waals surface area contributed by atoms with E-state index in [4.69, 9.17) is 14.7 Å². The number of rotatable bonds is 6. The number of carboxylic acid groups (broad SMARTS) is 1. The molecular weight excluding hydrogens is 290 g/mol. The van der Waals surface area contributed by atoms with Crippen molar-refractivity contribution in [3.05, 3.63) is 23.2 Å². The number of amides is 2. The third-order valence-electron chi connectivity index (χ3n) is 2.29. The van der Waals surface area contributed by atoms with E-state index in [0.717, 1.165) is 0 Å². The van der Waals surface area contributed by atoms with Gasteiger partial charge >= 0.3 is 12.0 Å². The number of nitrogens with one attached hydrogen (secondary N) is 2. The molecule has 0 atom stereocenters. The molecule has 10 heteroatoms. The number of hydrogen-bond acceptors (Lipinski definition) is 5. The topological polar surface area (TPSA) is 152 Å². The predicted molar refractivity (Wildman–Crippen MR) is 68.6 cm³/mol. The SMILES string of the molecule is Cc1oc(CNC(=O)NCCS(N)(=O)=O)cc1C(=O)O. The number of carbonyl (C=O) groups excluding carboxylic acids is 1. The zero-order valence-electron chi connectivity index (χ0n) is 10.7. The molecule has 2 amide bonds. The molecule has 1 aromatic heterocycles. The van der Waals surface area contributed by atoms with Crippen LogP contribution < -0.4 is 15.8 Å². The number of aromatic carboxylic acids is 1. The van der Waals surface area contributed by atoms with Gasteiger partial charge in [-0.15, -0.1) is 0 Å². The first-order valence-corrected chi connectivity index (χ1v) is 7.25. The highest BCUT2D eigenvalue weighted by Gasteiger charge is 2.14. The number of carboxylic acids is 1. The maximum Gasteiger partial charge on any atom is 0.339 e. The second kappa shape index (κ2) is 6.39. The van der Waals surface area contributed by atoms with Crippen LogP contribution in [0, 0.1) is 6.92 Å². The van der Waals surface area contributed by atoms with Crippen LogP contribution in [-0.4, -0.2) is 37.8 Å². The van der Waals surface area contributed by atoms with Gasteiger partial charge in [0.05, 0.1) is 12.3 Å². The molecule has 0 aromatic carbocycles. The number of nitrogens with two attached hydrogens (primary N) is 1. The van der Waals surface area contributed by atoms with E-state index in [2.05, 4.69) is 10.6 Å². The maximum absolute atomic E-state index is 11.3. The Morgan fingerprint density at radius 2 is 2.05 bits per heavy atom. The predicted octanol–water partition coefficient (Wildman–Crippen LogP) is -0.626. The lowest BCUT2D eigenvalue weighted by Crippen LogP contribution is -2.38. The molecule has 0 aliphatic carbocycles. The van der Waals surface area contributed by atoms with Crippen molar-refractivity contribution in [3.8, 4) is 0 Å². The Balaban J connectivity index is 2.41. The van der Waals surface area contributed by atoms with Crippen LogP contribution in [0.2, 0.25) is 0 Å². The van der Waals surface area contributed by atoms with Crippen molar-refractivity contribution in [1.82, 2.24) is 10.6 Å². The van der Waals surface area contributed by atoms with Gasteiger partial charge in [-0.1, -0.05) is 0 Å². The second-order valence-corrected chi connectivity index (χ2v) is 5.70. The van der Waals surface area contributed by atoms with E-state index in [9.17, 15) is 18.0 Å². The summed E-state index contributed by atoms with van der Waals surface area (Å²) in [4.78, 5) is 22.1. The van der Waals surface area contributed by atoms with Gasteiger partial charge in [0, 0.05) is 6.54 Å².